The molecule has 2 aromatic heterocycles. The molecule has 0 aliphatic rings. The molecule has 0 atom stereocenters. The Labute approximate surface area is 223 Å². The predicted octanol–water partition coefficient (Wildman–Crippen LogP) is 5.43. The highest BCUT2D eigenvalue weighted by Crippen LogP contribution is 2.33. The molecule has 9 nitrogen and oxygen atoms in total. The van der Waals surface area contributed by atoms with Crippen LogP contribution in [0.4, 0.5) is 10.8 Å². The monoisotopic (exact) mass is 546 g/mol. The van der Waals surface area contributed by atoms with Crippen LogP contribution < -0.4 is 19.5 Å². The summed E-state index contributed by atoms with van der Waals surface area (Å²) in [5, 5.41) is 5.49. The summed E-state index contributed by atoms with van der Waals surface area (Å²) in [5.74, 6) is 0.773. The number of ether oxygens (including phenoxy) is 2. The number of benzene rings is 3. The van der Waals surface area contributed by atoms with Crippen LogP contribution in [0.2, 0.25) is 0 Å². The van der Waals surface area contributed by atoms with Gasteiger partial charge in [-0.15, -0.1) is 11.3 Å². The van der Waals surface area contributed by atoms with Crippen LogP contribution in [0.15, 0.2) is 89.3 Å². The van der Waals surface area contributed by atoms with Crippen molar-refractivity contribution in [2.75, 3.05) is 24.3 Å². The van der Waals surface area contributed by atoms with Crippen LogP contribution in [-0.4, -0.2) is 38.5 Å². The van der Waals surface area contributed by atoms with Gasteiger partial charge in [-0.25, -0.2) is 18.4 Å². The Morgan fingerprint density at radius 1 is 0.921 bits per heavy atom. The molecule has 38 heavy (non-hydrogen) atoms. The van der Waals surface area contributed by atoms with Crippen molar-refractivity contribution in [3.8, 4) is 22.8 Å². The third-order valence-corrected chi connectivity index (χ3v) is 7.89. The molecular weight excluding hydrogens is 524 g/mol. The molecule has 0 spiro atoms. The van der Waals surface area contributed by atoms with Gasteiger partial charge in [0.05, 0.1) is 35.9 Å². The summed E-state index contributed by atoms with van der Waals surface area (Å²) < 4.78 is 38.4. The predicted molar refractivity (Wildman–Crippen MR) is 148 cm³/mol. The van der Waals surface area contributed by atoms with Crippen molar-refractivity contribution in [1.82, 2.24) is 9.97 Å². The van der Waals surface area contributed by atoms with Crippen LogP contribution in [0.3, 0.4) is 0 Å². The lowest BCUT2D eigenvalue weighted by molar-refractivity contribution is 0.102. The first kappa shape index (κ1) is 25.2. The molecule has 0 aliphatic carbocycles. The van der Waals surface area contributed by atoms with Gasteiger partial charge in [-0.2, -0.15) is 0 Å². The normalized spacial score (nSPS) is 11.2. The van der Waals surface area contributed by atoms with Gasteiger partial charge in [0, 0.05) is 28.2 Å². The third kappa shape index (κ3) is 5.15. The van der Waals surface area contributed by atoms with Crippen LogP contribution in [0.5, 0.6) is 11.5 Å². The first-order valence-corrected chi connectivity index (χ1v) is 13.7. The number of aromatic nitrogens is 2. The maximum absolute atomic E-state index is 13.4. The van der Waals surface area contributed by atoms with Gasteiger partial charge in [0.25, 0.3) is 15.9 Å². The van der Waals surface area contributed by atoms with Crippen molar-refractivity contribution in [1.29, 1.82) is 0 Å². The summed E-state index contributed by atoms with van der Waals surface area (Å²) >= 11 is 1.18. The molecule has 3 aromatic carbocycles. The van der Waals surface area contributed by atoms with E-state index in [1.807, 2.05) is 30.3 Å². The number of anilines is 2. The third-order valence-electron chi connectivity index (χ3n) is 5.72. The quantitative estimate of drug-likeness (QED) is 0.266. The number of para-hydroxylation sites is 1. The van der Waals surface area contributed by atoms with Gasteiger partial charge in [0.15, 0.2) is 16.6 Å². The lowest BCUT2D eigenvalue weighted by Gasteiger charge is -2.13. The molecule has 0 radical (unpaired) electrons. The number of carbonyl (C=O) groups excluding carboxylic acids is 1. The van der Waals surface area contributed by atoms with Crippen LogP contribution in [0.1, 0.15) is 10.4 Å². The van der Waals surface area contributed by atoms with Crippen LogP contribution in [0.25, 0.3) is 22.2 Å². The second kappa shape index (κ2) is 10.5. The van der Waals surface area contributed by atoms with E-state index in [4.69, 9.17) is 14.5 Å². The number of sulfonamides is 1. The van der Waals surface area contributed by atoms with E-state index in [0.717, 1.165) is 5.56 Å². The maximum atomic E-state index is 13.4. The van der Waals surface area contributed by atoms with Crippen LogP contribution in [-0.2, 0) is 10.0 Å². The highest BCUT2D eigenvalue weighted by Gasteiger charge is 2.18. The van der Waals surface area contributed by atoms with Gasteiger partial charge in [-0.1, -0.05) is 18.2 Å². The minimum Gasteiger partial charge on any atom is -0.493 e. The molecule has 2 N–H and O–H groups in total. The number of fused-ring (bicyclic) bond motifs is 1. The molecule has 11 heteroatoms. The zero-order valence-electron chi connectivity index (χ0n) is 20.3. The standard InChI is InChI=1S/C27H22N4O5S2/c1-35-24-12-7-17(15-25(24)36-2)23-16-21(20-5-3-4-6-22(20)30-23)26(32)29-18-8-10-19(11-9-18)38(33,34)31-27-28-13-14-37-27/h3-16H,1-2H3,(H,28,31)(H,29,32). The zero-order valence-corrected chi connectivity index (χ0v) is 22.0. The molecule has 5 aromatic rings. The molecule has 192 valence electrons. The van der Waals surface area contributed by atoms with E-state index in [9.17, 15) is 13.2 Å². The molecular formula is C27H22N4O5S2. The van der Waals surface area contributed by atoms with E-state index in [2.05, 4.69) is 15.0 Å². The molecule has 2 heterocycles. The Hall–Kier alpha value is -4.48. The smallest absolute Gasteiger partial charge is 0.263 e. The Balaban J connectivity index is 1.44. The second-order valence-corrected chi connectivity index (χ2v) is 10.6. The summed E-state index contributed by atoms with van der Waals surface area (Å²) in [4.78, 5) is 22.1. The fraction of sp³-hybridized carbons (Fsp3) is 0.0741. The molecule has 0 unspecified atom stereocenters. The summed E-state index contributed by atoms with van der Waals surface area (Å²) in [6, 6.07) is 20.4. The minimum absolute atomic E-state index is 0.0517. The van der Waals surface area contributed by atoms with Crippen LogP contribution >= 0.6 is 11.3 Å². The SMILES string of the molecule is COc1ccc(-c2cc(C(=O)Nc3ccc(S(=O)(=O)Nc4nccs4)cc3)c3ccccc3n2)cc1OC. The van der Waals surface area contributed by atoms with Crippen molar-refractivity contribution in [3.63, 3.8) is 0 Å². The lowest BCUT2D eigenvalue weighted by atomic mass is 10.0. The molecule has 5 rings (SSSR count). The number of hydrogen-bond acceptors (Lipinski definition) is 8. The molecule has 1 amide bonds. The van der Waals surface area contributed by atoms with Gasteiger partial charge >= 0.3 is 0 Å². The number of hydrogen-bond donors (Lipinski definition) is 2. The number of nitrogens with zero attached hydrogens (tertiary/aromatic N) is 2. The minimum atomic E-state index is -3.80. The van der Waals surface area contributed by atoms with Gasteiger partial charge in [0.1, 0.15) is 0 Å². The van der Waals surface area contributed by atoms with Gasteiger partial charge in [-0.05, 0) is 54.6 Å². The van der Waals surface area contributed by atoms with E-state index in [-0.39, 0.29) is 15.9 Å². The van der Waals surface area contributed by atoms with E-state index in [1.54, 1.807) is 37.8 Å². The number of methoxy groups -OCH3 is 2. The van der Waals surface area contributed by atoms with Crippen molar-refractivity contribution < 1.29 is 22.7 Å². The maximum Gasteiger partial charge on any atom is 0.263 e. The summed E-state index contributed by atoms with van der Waals surface area (Å²) in [7, 11) is -0.680. The van der Waals surface area contributed by atoms with Crippen molar-refractivity contribution >= 4 is 49.0 Å². The highest BCUT2D eigenvalue weighted by atomic mass is 32.2. The largest absolute Gasteiger partial charge is 0.493 e. The van der Waals surface area contributed by atoms with Crippen molar-refractivity contribution in [3.05, 3.63) is 89.9 Å². The fourth-order valence-electron chi connectivity index (χ4n) is 3.87. The summed E-state index contributed by atoms with van der Waals surface area (Å²) in [6.45, 7) is 0. The Bertz CT molecular complexity index is 1720. The number of nitrogens with one attached hydrogen (secondary N) is 2. The van der Waals surface area contributed by atoms with E-state index in [1.165, 1.54) is 41.8 Å². The average molecular weight is 547 g/mol. The van der Waals surface area contributed by atoms with Gasteiger partial charge < -0.3 is 14.8 Å². The van der Waals surface area contributed by atoms with Gasteiger partial charge in [-0.3, -0.25) is 9.52 Å². The van der Waals surface area contributed by atoms with E-state index in [0.29, 0.717) is 39.3 Å². The van der Waals surface area contributed by atoms with Crippen molar-refractivity contribution in [2.45, 2.75) is 4.90 Å². The fourth-order valence-corrected chi connectivity index (χ4v) is 5.66. The topological polar surface area (TPSA) is 120 Å². The number of thiazole rings is 1. The molecule has 0 bridgehead atoms. The van der Waals surface area contributed by atoms with Crippen molar-refractivity contribution in [2.24, 2.45) is 0 Å². The lowest BCUT2D eigenvalue weighted by Crippen LogP contribution is -2.14. The highest BCUT2D eigenvalue weighted by molar-refractivity contribution is 7.93. The number of carbonyl (C=O) groups is 1. The number of amides is 1. The van der Waals surface area contributed by atoms with E-state index >= 15 is 0 Å². The molecule has 0 aliphatic heterocycles. The molecule has 0 saturated heterocycles. The van der Waals surface area contributed by atoms with E-state index < -0.39 is 10.0 Å². The number of rotatable bonds is 8. The summed E-state index contributed by atoms with van der Waals surface area (Å²) in [5.41, 5.74) is 2.85. The second-order valence-electron chi connectivity index (χ2n) is 8.06. The first-order valence-electron chi connectivity index (χ1n) is 11.3. The summed E-state index contributed by atoms with van der Waals surface area (Å²) in [6.07, 6.45) is 1.51. The van der Waals surface area contributed by atoms with Gasteiger partial charge in [0.2, 0.25) is 0 Å². The average Bonchev–Trinajstić information content (AvgIpc) is 3.44. The first-order chi connectivity index (χ1) is 18.4. The Kier molecular flexibility index (Phi) is 6.95. The Morgan fingerprint density at radius 3 is 2.39 bits per heavy atom. The Morgan fingerprint density at radius 2 is 1.68 bits per heavy atom. The molecule has 0 fully saturated rings. The zero-order chi connectivity index (χ0) is 26.7. The number of pyridine rings is 1. The molecule has 0 saturated carbocycles. The van der Waals surface area contributed by atoms with Crippen LogP contribution in [0, 0.1) is 0 Å².